The first-order valence-electron chi connectivity index (χ1n) is 6.59. The lowest BCUT2D eigenvalue weighted by molar-refractivity contribution is 0.00706. The van der Waals surface area contributed by atoms with Crippen molar-refractivity contribution in [1.29, 1.82) is 0 Å². The molecule has 0 aliphatic rings. The maximum absolute atomic E-state index is 13.3. The summed E-state index contributed by atoms with van der Waals surface area (Å²) in [6.07, 6.45) is 0.765. The van der Waals surface area contributed by atoms with E-state index < -0.39 is 17.4 Å². The van der Waals surface area contributed by atoms with Crippen LogP contribution in [-0.4, -0.2) is 31.8 Å². The quantitative estimate of drug-likeness (QED) is 0.643. The molecule has 0 aliphatic carbocycles. The molecule has 0 fully saturated rings. The SMILES string of the molecule is COCCCNc1cc(F)ccc1C(=O)OC(C)(C)C. The van der Waals surface area contributed by atoms with Gasteiger partial charge >= 0.3 is 5.97 Å². The predicted octanol–water partition coefficient (Wildman–Crippen LogP) is 3.23. The van der Waals surface area contributed by atoms with Crippen LogP contribution < -0.4 is 5.32 Å². The number of carbonyl (C=O) groups excluding carboxylic acids is 1. The van der Waals surface area contributed by atoms with Crippen LogP contribution in [0.4, 0.5) is 10.1 Å². The van der Waals surface area contributed by atoms with Gasteiger partial charge in [0.05, 0.1) is 11.3 Å². The fourth-order valence-corrected chi connectivity index (χ4v) is 1.61. The lowest BCUT2D eigenvalue weighted by atomic mass is 10.1. The minimum Gasteiger partial charge on any atom is -0.456 e. The van der Waals surface area contributed by atoms with Crippen molar-refractivity contribution in [2.24, 2.45) is 0 Å². The zero-order valence-electron chi connectivity index (χ0n) is 12.5. The molecule has 1 rings (SSSR count). The summed E-state index contributed by atoms with van der Waals surface area (Å²) in [5.41, 5.74) is 0.188. The lowest BCUT2D eigenvalue weighted by Gasteiger charge is -2.20. The maximum Gasteiger partial charge on any atom is 0.340 e. The predicted molar refractivity (Wildman–Crippen MR) is 76.6 cm³/mol. The maximum atomic E-state index is 13.3. The third-order valence-corrected chi connectivity index (χ3v) is 2.44. The first kappa shape index (κ1) is 16.4. The first-order valence-corrected chi connectivity index (χ1v) is 6.59. The Morgan fingerprint density at radius 3 is 2.65 bits per heavy atom. The fourth-order valence-electron chi connectivity index (χ4n) is 1.61. The van der Waals surface area contributed by atoms with Crippen molar-refractivity contribution in [2.75, 3.05) is 25.6 Å². The molecular formula is C15H22FNO3. The standard InChI is InChI=1S/C15H22FNO3/c1-15(2,3)20-14(18)12-7-6-11(16)10-13(12)17-8-5-9-19-4/h6-7,10,17H,5,8-9H2,1-4H3. The summed E-state index contributed by atoms with van der Waals surface area (Å²) < 4.78 is 23.6. The van der Waals surface area contributed by atoms with Crippen molar-refractivity contribution in [3.05, 3.63) is 29.6 Å². The number of esters is 1. The molecule has 1 N–H and O–H groups in total. The molecule has 0 heterocycles. The van der Waals surface area contributed by atoms with E-state index in [0.717, 1.165) is 6.42 Å². The summed E-state index contributed by atoms with van der Waals surface area (Å²) >= 11 is 0. The third-order valence-electron chi connectivity index (χ3n) is 2.44. The number of benzene rings is 1. The zero-order valence-corrected chi connectivity index (χ0v) is 12.5. The summed E-state index contributed by atoms with van der Waals surface area (Å²) in [6, 6.07) is 3.98. The first-order chi connectivity index (χ1) is 9.33. The fraction of sp³-hybridized carbons (Fsp3) is 0.533. The van der Waals surface area contributed by atoms with Crippen LogP contribution in [0, 0.1) is 5.82 Å². The van der Waals surface area contributed by atoms with Crippen molar-refractivity contribution >= 4 is 11.7 Å². The third kappa shape index (κ3) is 5.57. The highest BCUT2D eigenvalue weighted by molar-refractivity contribution is 5.95. The van der Waals surface area contributed by atoms with Crippen molar-refractivity contribution in [1.82, 2.24) is 0 Å². The average molecular weight is 283 g/mol. The second kappa shape index (κ2) is 7.24. The number of halogens is 1. The summed E-state index contributed by atoms with van der Waals surface area (Å²) in [6.45, 7) is 6.57. The molecule has 5 heteroatoms. The monoisotopic (exact) mass is 283 g/mol. The molecule has 1 aromatic carbocycles. The number of hydrogen-bond acceptors (Lipinski definition) is 4. The Balaban J connectivity index is 2.81. The number of rotatable bonds is 6. The number of carbonyl (C=O) groups is 1. The normalized spacial score (nSPS) is 11.2. The van der Waals surface area contributed by atoms with E-state index in [0.29, 0.717) is 24.4 Å². The number of anilines is 1. The van der Waals surface area contributed by atoms with Crippen molar-refractivity contribution in [3.63, 3.8) is 0 Å². The molecule has 0 radical (unpaired) electrons. The van der Waals surface area contributed by atoms with Gasteiger partial charge in [-0.05, 0) is 45.4 Å². The van der Waals surface area contributed by atoms with Gasteiger partial charge in [0, 0.05) is 20.3 Å². The van der Waals surface area contributed by atoms with Crippen LogP contribution in [0.3, 0.4) is 0 Å². The summed E-state index contributed by atoms with van der Waals surface area (Å²) in [5, 5.41) is 3.03. The zero-order chi connectivity index (χ0) is 15.2. The van der Waals surface area contributed by atoms with Crippen LogP contribution in [0.2, 0.25) is 0 Å². The van der Waals surface area contributed by atoms with Gasteiger partial charge in [0.2, 0.25) is 0 Å². The van der Waals surface area contributed by atoms with Crippen LogP contribution in [0.25, 0.3) is 0 Å². The summed E-state index contributed by atoms with van der Waals surface area (Å²) in [7, 11) is 1.62. The summed E-state index contributed by atoms with van der Waals surface area (Å²) in [5.74, 6) is -0.863. The Hall–Kier alpha value is -1.62. The Bertz CT molecular complexity index is 455. The van der Waals surface area contributed by atoms with Crippen molar-refractivity contribution in [3.8, 4) is 0 Å². The minimum atomic E-state index is -0.585. The highest BCUT2D eigenvalue weighted by Crippen LogP contribution is 2.21. The molecule has 0 aliphatic heterocycles. The molecule has 0 saturated carbocycles. The molecule has 0 spiro atoms. The van der Waals surface area contributed by atoms with Crippen molar-refractivity contribution < 1.29 is 18.7 Å². The van der Waals surface area contributed by atoms with E-state index in [-0.39, 0.29) is 0 Å². The van der Waals surface area contributed by atoms with E-state index in [1.807, 2.05) is 0 Å². The number of methoxy groups -OCH3 is 1. The van der Waals surface area contributed by atoms with Crippen LogP contribution >= 0.6 is 0 Å². The van der Waals surface area contributed by atoms with Gasteiger partial charge in [0.1, 0.15) is 11.4 Å². The lowest BCUT2D eigenvalue weighted by Crippen LogP contribution is -2.24. The molecule has 0 unspecified atom stereocenters. The number of hydrogen-bond donors (Lipinski definition) is 1. The van der Waals surface area contributed by atoms with Gasteiger partial charge in [0.15, 0.2) is 0 Å². The van der Waals surface area contributed by atoms with Crippen LogP contribution in [0.15, 0.2) is 18.2 Å². The van der Waals surface area contributed by atoms with Crippen LogP contribution in [-0.2, 0) is 9.47 Å². The topological polar surface area (TPSA) is 47.6 Å². The molecule has 112 valence electrons. The van der Waals surface area contributed by atoms with Crippen LogP contribution in [0.1, 0.15) is 37.6 Å². The molecular weight excluding hydrogens is 261 g/mol. The van der Waals surface area contributed by atoms with Gasteiger partial charge in [-0.2, -0.15) is 0 Å². The molecule has 0 bridgehead atoms. The van der Waals surface area contributed by atoms with Crippen molar-refractivity contribution in [2.45, 2.75) is 32.8 Å². The molecule has 0 atom stereocenters. The Labute approximate surface area is 119 Å². The molecule has 0 amide bonds. The molecule has 0 saturated heterocycles. The van der Waals surface area contributed by atoms with Gasteiger partial charge in [0.25, 0.3) is 0 Å². The minimum absolute atomic E-state index is 0.332. The molecule has 0 aromatic heterocycles. The van der Waals surface area contributed by atoms with Gasteiger partial charge in [-0.25, -0.2) is 9.18 Å². The highest BCUT2D eigenvalue weighted by atomic mass is 19.1. The Morgan fingerprint density at radius 1 is 1.35 bits per heavy atom. The number of ether oxygens (including phenoxy) is 2. The van der Waals surface area contributed by atoms with E-state index in [9.17, 15) is 9.18 Å². The highest BCUT2D eigenvalue weighted by Gasteiger charge is 2.20. The summed E-state index contributed by atoms with van der Waals surface area (Å²) in [4.78, 5) is 12.1. The molecule has 20 heavy (non-hydrogen) atoms. The second-order valence-electron chi connectivity index (χ2n) is 5.46. The average Bonchev–Trinajstić information content (AvgIpc) is 2.32. The smallest absolute Gasteiger partial charge is 0.340 e. The van der Waals surface area contributed by atoms with Gasteiger partial charge < -0.3 is 14.8 Å². The second-order valence-corrected chi connectivity index (χ2v) is 5.46. The molecule has 1 aromatic rings. The number of nitrogens with one attached hydrogen (secondary N) is 1. The van der Waals surface area contributed by atoms with Gasteiger partial charge in [-0.3, -0.25) is 0 Å². The van der Waals surface area contributed by atoms with E-state index in [1.54, 1.807) is 27.9 Å². The Morgan fingerprint density at radius 2 is 2.05 bits per heavy atom. The Kier molecular flexibility index (Phi) is 5.95. The van der Waals surface area contributed by atoms with E-state index in [2.05, 4.69) is 5.32 Å². The molecule has 4 nitrogen and oxygen atoms in total. The van der Waals surface area contributed by atoms with Gasteiger partial charge in [-0.1, -0.05) is 0 Å². The van der Waals surface area contributed by atoms with E-state index in [4.69, 9.17) is 9.47 Å². The van der Waals surface area contributed by atoms with Crippen LogP contribution in [0.5, 0.6) is 0 Å². The largest absolute Gasteiger partial charge is 0.456 e. The van der Waals surface area contributed by atoms with E-state index in [1.165, 1.54) is 18.2 Å². The van der Waals surface area contributed by atoms with Gasteiger partial charge in [-0.15, -0.1) is 0 Å². The van der Waals surface area contributed by atoms with E-state index >= 15 is 0 Å².